The lowest BCUT2D eigenvalue weighted by molar-refractivity contribution is 0.146. The molecule has 2 aromatic heterocycles. The average Bonchev–Trinajstić information content (AvgIpc) is 3.28. The Morgan fingerprint density at radius 3 is 2.57 bits per heavy atom. The van der Waals surface area contributed by atoms with Gasteiger partial charge in [-0.15, -0.1) is 10.2 Å². The topological polar surface area (TPSA) is 67.1 Å². The summed E-state index contributed by atoms with van der Waals surface area (Å²) in [6, 6.07) is 3.50. The molecule has 1 atom stereocenters. The molecule has 1 unspecified atom stereocenters. The van der Waals surface area contributed by atoms with E-state index in [1.165, 1.54) is 12.1 Å². The van der Waals surface area contributed by atoms with Crippen molar-refractivity contribution in [1.29, 1.82) is 0 Å². The van der Waals surface area contributed by atoms with E-state index in [2.05, 4.69) is 25.8 Å². The number of hydrogen-bond donors (Lipinski definition) is 2. The molecule has 0 bridgehead atoms. The largest absolute Gasteiger partial charge is 0.363 e. The summed E-state index contributed by atoms with van der Waals surface area (Å²) in [7, 11) is 0. The highest BCUT2D eigenvalue weighted by molar-refractivity contribution is 5.55. The fourth-order valence-corrected chi connectivity index (χ4v) is 3.58. The van der Waals surface area contributed by atoms with Crippen LogP contribution in [0.25, 0.3) is 5.78 Å². The standard InChI is InChI=1S/C19H21F3N6/c1-9(2)18-26-27-19-25-17(13-7-23-8-14(13)28(18)19)24-10(3)11-5-4-6-12(15(11)20)16(21)22/h4-6,9-10,16,23H,7-8H2,1-3H3,(H,24,25,27). The molecule has 9 heteroatoms. The second kappa shape index (κ2) is 7.05. The van der Waals surface area contributed by atoms with Crippen LogP contribution in [-0.4, -0.2) is 19.6 Å². The summed E-state index contributed by atoms with van der Waals surface area (Å²) in [5.41, 5.74) is 1.53. The molecule has 3 aromatic rings. The van der Waals surface area contributed by atoms with Gasteiger partial charge in [-0.1, -0.05) is 32.0 Å². The smallest absolute Gasteiger partial charge is 0.266 e. The zero-order valence-corrected chi connectivity index (χ0v) is 15.8. The first-order valence-corrected chi connectivity index (χ1v) is 9.19. The highest BCUT2D eigenvalue weighted by Gasteiger charge is 2.26. The Bertz CT molecular complexity index is 1030. The van der Waals surface area contributed by atoms with Crippen molar-refractivity contribution in [2.24, 2.45) is 0 Å². The average molecular weight is 390 g/mol. The summed E-state index contributed by atoms with van der Waals surface area (Å²) in [6.45, 7) is 7.04. The Labute approximate surface area is 160 Å². The lowest BCUT2D eigenvalue weighted by atomic mass is 10.0. The molecule has 1 aromatic carbocycles. The monoisotopic (exact) mass is 390 g/mol. The van der Waals surface area contributed by atoms with Crippen LogP contribution in [0, 0.1) is 5.82 Å². The number of fused-ring (bicyclic) bond motifs is 3. The van der Waals surface area contributed by atoms with Gasteiger partial charge in [0.05, 0.1) is 11.6 Å². The van der Waals surface area contributed by atoms with E-state index in [1.807, 2.05) is 18.2 Å². The number of halogens is 3. The molecule has 0 saturated heterocycles. The molecule has 1 aliphatic heterocycles. The van der Waals surface area contributed by atoms with Gasteiger partial charge >= 0.3 is 0 Å². The summed E-state index contributed by atoms with van der Waals surface area (Å²) in [6.07, 6.45) is -2.86. The zero-order valence-electron chi connectivity index (χ0n) is 15.8. The molecule has 0 amide bonds. The van der Waals surface area contributed by atoms with Crippen molar-refractivity contribution in [3.8, 4) is 0 Å². The Hall–Kier alpha value is -2.68. The van der Waals surface area contributed by atoms with Crippen LogP contribution < -0.4 is 10.6 Å². The number of alkyl halides is 2. The van der Waals surface area contributed by atoms with Gasteiger partial charge in [0, 0.05) is 35.8 Å². The Morgan fingerprint density at radius 1 is 1.11 bits per heavy atom. The van der Waals surface area contributed by atoms with Crippen LogP contribution in [0.15, 0.2) is 18.2 Å². The van der Waals surface area contributed by atoms with Crippen molar-refractivity contribution in [2.45, 2.75) is 52.2 Å². The first kappa shape index (κ1) is 18.7. The lowest BCUT2D eigenvalue weighted by Gasteiger charge is -2.19. The quantitative estimate of drug-likeness (QED) is 0.687. The molecule has 4 rings (SSSR count). The van der Waals surface area contributed by atoms with Gasteiger partial charge in [-0.05, 0) is 6.92 Å². The van der Waals surface area contributed by atoms with Crippen molar-refractivity contribution in [3.05, 3.63) is 52.2 Å². The van der Waals surface area contributed by atoms with E-state index in [0.29, 0.717) is 24.7 Å². The van der Waals surface area contributed by atoms with Crippen LogP contribution in [0.1, 0.15) is 67.4 Å². The third-order valence-electron chi connectivity index (χ3n) is 5.01. The number of rotatable bonds is 5. The maximum atomic E-state index is 14.5. The van der Waals surface area contributed by atoms with Gasteiger partial charge in [0.25, 0.3) is 12.2 Å². The molecule has 0 radical (unpaired) electrons. The maximum Gasteiger partial charge on any atom is 0.266 e. The highest BCUT2D eigenvalue weighted by atomic mass is 19.3. The molecule has 6 nitrogen and oxygen atoms in total. The van der Waals surface area contributed by atoms with Gasteiger partial charge in [0.1, 0.15) is 17.5 Å². The first-order valence-electron chi connectivity index (χ1n) is 9.19. The number of aromatic nitrogens is 4. The van der Waals surface area contributed by atoms with Crippen LogP contribution >= 0.6 is 0 Å². The van der Waals surface area contributed by atoms with Crippen LogP contribution in [0.5, 0.6) is 0 Å². The molecule has 0 fully saturated rings. The predicted octanol–water partition coefficient (Wildman–Crippen LogP) is 4.10. The third kappa shape index (κ3) is 2.99. The molecule has 0 saturated carbocycles. The lowest BCUT2D eigenvalue weighted by Crippen LogP contribution is -2.14. The zero-order chi connectivity index (χ0) is 20.0. The van der Waals surface area contributed by atoms with Crippen LogP contribution in [-0.2, 0) is 13.1 Å². The van der Waals surface area contributed by atoms with E-state index in [0.717, 1.165) is 23.1 Å². The second-order valence-electron chi connectivity index (χ2n) is 7.25. The SMILES string of the molecule is CC(C)c1nnc2nc(NC(C)c3cccc(C(F)F)c3F)c3c(n12)CNC3. The van der Waals surface area contributed by atoms with E-state index in [4.69, 9.17) is 0 Å². The van der Waals surface area contributed by atoms with Crippen molar-refractivity contribution in [3.63, 3.8) is 0 Å². The summed E-state index contributed by atoms with van der Waals surface area (Å²) in [5.74, 6) is 1.15. The fourth-order valence-electron chi connectivity index (χ4n) is 3.58. The highest BCUT2D eigenvalue weighted by Crippen LogP contribution is 2.31. The normalized spacial score (nSPS) is 14.9. The minimum absolute atomic E-state index is 0.170. The summed E-state index contributed by atoms with van der Waals surface area (Å²) in [4.78, 5) is 4.57. The Balaban J connectivity index is 1.74. The first-order chi connectivity index (χ1) is 13.4. The van der Waals surface area contributed by atoms with E-state index >= 15 is 0 Å². The van der Waals surface area contributed by atoms with Crippen LogP contribution in [0.3, 0.4) is 0 Å². The third-order valence-corrected chi connectivity index (χ3v) is 5.01. The number of anilines is 1. The molecule has 3 heterocycles. The molecule has 1 aliphatic rings. The van der Waals surface area contributed by atoms with Crippen molar-refractivity contribution < 1.29 is 13.2 Å². The van der Waals surface area contributed by atoms with Crippen molar-refractivity contribution in [1.82, 2.24) is 24.9 Å². The summed E-state index contributed by atoms with van der Waals surface area (Å²) in [5, 5.41) is 14.9. The summed E-state index contributed by atoms with van der Waals surface area (Å²) < 4.78 is 42.5. The number of benzene rings is 1. The molecule has 0 aliphatic carbocycles. The molecule has 2 N–H and O–H groups in total. The van der Waals surface area contributed by atoms with Gasteiger partial charge in [-0.3, -0.25) is 4.40 Å². The Kier molecular flexibility index (Phi) is 4.70. The fraction of sp³-hybridized carbons (Fsp3) is 0.421. The second-order valence-corrected chi connectivity index (χ2v) is 7.25. The van der Waals surface area contributed by atoms with Crippen molar-refractivity contribution >= 4 is 11.6 Å². The molecule has 28 heavy (non-hydrogen) atoms. The maximum absolute atomic E-state index is 14.5. The molecular formula is C19H21F3N6. The summed E-state index contributed by atoms with van der Waals surface area (Å²) >= 11 is 0. The van der Waals surface area contributed by atoms with Crippen LogP contribution in [0.2, 0.25) is 0 Å². The van der Waals surface area contributed by atoms with E-state index in [-0.39, 0.29) is 11.5 Å². The van der Waals surface area contributed by atoms with Crippen molar-refractivity contribution in [2.75, 3.05) is 5.32 Å². The van der Waals surface area contributed by atoms with E-state index in [1.54, 1.807) is 6.92 Å². The number of nitrogens with zero attached hydrogens (tertiary/aromatic N) is 4. The van der Waals surface area contributed by atoms with E-state index in [9.17, 15) is 13.2 Å². The van der Waals surface area contributed by atoms with Gasteiger partial charge in [-0.25, -0.2) is 13.2 Å². The minimum atomic E-state index is -2.86. The Morgan fingerprint density at radius 2 is 1.86 bits per heavy atom. The number of nitrogens with one attached hydrogen (secondary N) is 2. The predicted molar refractivity (Wildman–Crippen MR) is 98.8 cm³/mol. The molecular weight excluding hydrogens is 369 g/mol. The van der Waals surface area contributed by atoms with Gasteiger partial charge in [-0.2, -0.15) is 4.98 Å². The van der Waals surface area contributed by atoms with Gasteiger partial charge < -0.3 is 10.6 Å². The molecule has 148 valence electrons. The molecule has 0 spiro atoms. The van der Waals surface area contributed by atoms with Gasteiger partial charge in [0.15, 0.2) is 0 Å². The number of hydrogen-bond acceptors (Lipinski definition) is 5. The minimum Gasteiger partial charge on any atom is -0.363 e. The van der Waals surface area contributed by atoms with Crippen LogP contribution in [0.4, 0.5) is 19.0 Å². The van der Waals surface area contributed by atoms with Gasteiger partial charge in [0.2, 0.25) is 0 Å². The van der Waals surface area contributed by atoms with E-state index < -0.39 is 23.8 Å².